The Kier molecular flexibility index (Phi) is 6.26. The topological polar surface area (TPSA) is 69.7 Å². The maximum atomic E-state index is 13.3. The number of piperazine rings is 1. The van der Waals surface area contributed by atoms with Crippen LogP contribution in [-0.2, 0) is 10.0 Å². The first-order chi connectivity index (χ1) is 13.2. The van der Waals surface area contributed by atoms with Crippen molar-refractivity contribution >= 4 is 44.8 Å². The van der Waals surface area contributed by atoms with Gasteiger partial charge in [0.25, 0.3) is 5.91 Å². The van der Waals surface area contributed by atoms with E-state index in [-0.39, 0.29) is 26.2 Å². The number of carbonyl (C=O) groups is 1. The van der Waals surface area contributed by atoms with Gasteiger partial charge in [0, 0.05) is 37.4 Å². The zero-order valence-corrected chi connectivity index (χ0v) is 17.3. The molecule has 1 amide bonds. The van der Waals surface area contributed by atoms with E-state index in [1.807, 2.05) is 11.9 Å². The fourth-order valence-corrected chi connectivity index (χ4v) is 4.89. The van der Waals surface area contributed by atoms with Crippen molar-refractivity contribution < 1.29 is 17.6 Å². The van der Waals surface area contributed by atoms with Gasteiger partial charge >= 0.3 is 0 Å². The molecular formula is C18H18Cl2FN3O3S. The van der Waals surface area contributed by atoms with Gasteiger partial charge in [-0.15, -0.1) is 0 Å². The van der Waals surface area contributed by atoms with Gasteiger partial charge in [0.15, 0.2) is 0 Å². The molecular weight excluding hydrogens is 428 g/mol. The Morgan fingerprint density at radius 3 is 2.36 bits per heavy atom. The lowest BCUT2D eigenvalue weighted by Crippen LogP contribution is -2.47. The maximum Gasteiger partial charge on any atom is 0.255 e. The Bertz CT molecular complexity index is 1010. The molecule has 0 radical (unpaired) electrons. The van der Waals surface area contributed by atoms with Gasteiger partial charge in [0.1, 0.15) is 10.7 Å². The lowest BCUT2D eigenvalue weighted by molar-refractivity contribution is 0.102. The molecule has 150 valence electrons. The molecule has 1 saturated heterocycles. The fraction of sp³-hybridized carbons (Fsp3) is 0.278. The summed E-state index contributed by atoms with van der Waals surface area (Å²) < 4.78 is 40.5. The van der Waals surface area contributed by atoms with E-state index in [0.29, 0.717) is 26.2 Å². The lowest BCUT2D eigenvalue weighted by atomic mass is 10.2. The van der Waals surface area contributed by atoms with Crippen molar-refractivity contribution in [3.63, 3.8) is 0 Å². The van der Waals surface area contributed by atoms with Gasteiger partial charge in [-0.25, -0.2) is 12.8 Å². The Labute approximate surface area is 172 Å². The minimum absolute atomic E-state index is 0.0419. The fourth-order valence-electron chi connectivity index (χ4n) is 2.79. The number of anilines is 1. The summed E-state index contributed by atoms with van der Waals surface area (Å²) in [6.07, 6.45) is 0. The molecule has 2 aromatic rings. The third kappa shape index (κ3) is 4.47. The number of hydrogen-bond donors (Lipinski definition) is 1. The minimum Gasteiger partial charge on any atom is -0.322 e. The van der Waals surface area contributed by atoms with Crippen LogP contribution in [-0.4, -0.2) is 56.8 Å². The highest BCUT2D eigenvalue weighted by molar-refractivity contribution is 7.89. The van der Waals surface area contributed by atoms with E-state index in [9.17, 15) is 17.6 Å². The minimum atomic E-state index is -3.83. The van der Waals surface area contributed by atoms with Crippen LogP contribution >= 0.6 is 23.2 Å². The van der Waals surface area contributed by atoms with Gasteiger partial charge in [0.05, 0.1) is 10.0 Å². The number of amides is 1. The molecule has 2 aromatic carbocycles. The van der Waals surface area contributed by atoms with Crippen LogP contribution < -0.4 is 5.32 Å². The normalized spacial score (nSPS) is 16.1. The second-order valence-corrected chi connectivity index (χ2v) is 9.16. The largest absolute Gasteiger partial charge is 0.322 e. The standard InChI is InChI=1S/C18H18Cl2FN3O3S/c1-23-6-8-24(9-7-23)28(26,27)17-10-12(2-4-14(17)19)18(25)22-13-3-5-16(21)15(20)11-13/h2-5,10-11H,6-9H2,1H3,(H,22,25). The first kappa shape index (κ1) is 21.0. The number of nitrogens with one attached hydrogen (secondary N) is 1. The van der Waals surface area contributed by atoms with Crippen LogP contribution in [0.5, 0.6) is 0 Å². The van der Waals surface area contributed by atoms with E-state index in [2.05, 4.69) is 5.32 Å². The summed E-state index contributed by atoms with van der Waals surface area (Å²) >= 11 is 11.8. The number of halogens is 3. The molecule has 1 aliphatic heterocycles. The molecule has 0 spiro atoms. The molecule has 1 fully saturated rings. The summed E-state index contributed by atoms with van der Waals surface area (Å²) in [5.41, 5.74) is 0.396. The summed E-state index contributed by atoms with van der Waals surface area (Å²) in [5.74, 6) is -1.17. The van der Waals surface area contributed by atoms with Gasteiger partial charge in [0.2, 0.25) is 10.0 Å². The molecule has 28 heavy (non-hydrogen) atoms. The van der Waals surface area contributed by atoms with Crippen molar-refractivity contribution in [3.05, 3.63) is 57.8 Å². The van der Waals surface area contributed by atoms with E-state index >= 15 is 0 Å². The third-order valence-electron chi connectivity index (χ3n) is 4.45. The summed E-state index contributed by atoms with van der Waals surface area (Å²) in [6, 6.07) is 7.80. The molecule has 3 rings (SSSR count). The van der Waals surface area contributed by atoms with Gasteiger partial charge < -0.3 is 10.2 Å². The van der Waals surface area contributed by atoms with Crippen LogP contribution in [0.25, 0.3) is 0 Å². The number of rotatable bonds is 4. The molecule has 1 heterocycles. The molecule has 10 heteroatoms. The van der Waals surface area contributed by atoms with Crippen molar-refractivity contribution in [3.8, 4) is 0 Å². The van der Waals surface area contributed by atoms with Crippen LogP contribution in [0.1, 0.15) is 10.4 Å². The van der Waals surface area contributed by atoms with Gasteiger partial charge in [-0.2, -0.15) is 4.31 Å². The number of nitrogens with zero attached hydrogens (tertiary/aromatic N) is 2. The highest BCUT2D eigenvalue weighted by Crippen LogP contribution is 2.27. The Morgan fingerprint density at radius 2 is 1.71 bits per heavy atom. The Balaban J connectivity index is 1.86. The average Bonchev–Trinajstić information content (AvgIpc) is 2.65. The highest BCUT2D eigenvalue weighted by Gasteiger charge is 2.30. The second-order valence-electron chi connectivity index (χ2n) is 6.44. The smallest absolute Gasteiger partial charge is 0.255 e. The van der Waals surface area contributed by atoms with Crippen LogP contribution in [0.3, 0.4) is 0 Å². The van der Waals surface area contributed by atoms with Crippen LogP contribution in [0.15, 0.2) is 41.3 Å². The molecule has 0 bridgehead atoms. The number of hydrogen-bond acceptors (Lipinski definition) is 4. The number of benzene rings is 2. The molecule has 0 unspecified atom stereocenters. The van der Waals surface area contributed by atoms with E-state index in [0.717, 1.165) is 6.07 Å². The number of carbonyl (C=O) groups excluding carboxylic acids is 1. The highest BCUT2D eigenvalue weighted by atomic mass is 35.5. The SMILES string of the molecule is CN1CCN(S(=O)(=O)c2cc(C(=O)Nc3ccc(F)c(Cl)c3)ccc2Cl)CC1. The number of likely N-dealkylation sites (N-methyl/N-ethyl adjacent to an activating group) is 1. The summed E-state index contributed by atoms with van der Waals surface area (Å²) in [6.45, 7) is 1.92. The van der Waals surface area contributed by atoms with Crippen molar-refractivity contribution in [2.75, 3.05) is 38.5 Å². The maximum absolute atomic E-state index is 13.3. The zero-order valence-electron chi connectivity index (χ0n) is 15.0. The van der Waals surface area contributed by atoms with Crippen LogP contribution in [0.2, 0.25) is 10.0 Å². The third-order valence-corrected chi connectivity index (χ3v) is 7.12. The Morgan fingerprint density at radius 1 is 1.04 bits per heavy atom. The Hall–Kier alpha value is -1.71. The average molecular weight is 446 g/mol. The molecule has 1 aliphatic rings. The van der Waals surface area contributed by atoms with Crippen LogP contribution in [0, 0.1) is 5.82 Å². The van der Waals surface area contributed by atoms with Crippen molar-refractivity contribution in [2.24, 2.45) is 0 Å². The van der Waals surface area contributed by atoms with Crippen LogP contribution in [0.4, 0.5) is 10.1 Å². The van der Waals surface area contributed by atoms with E-state index in [4.69, 9.17) is 23.2 Å². The first-order valence-electron chi connectivity index (χ1n) is 8.43. The number of sulfonamides is 1. The lowest BCUT2D eigenvalue weighted by Gasteiger charge is -2.31. The van der Waals surface area contributed by atoms with E-state index in [1.54, 1.807) is 0 Å². The van der Waals surface area contributed by atoms with Gasteiger partial charge in [-0.3, -0.25) is 4.79 Å². The monoisotopic (exact) mass is 445 g/mol. The summed E-state index contributed by atoms with van der Waals surface area (Å²) in [5, 5.41) is 2.47. The van der Waals surface area contributed by atoms with Gasteiger partial charge in [-0.05, 0) is 43.4 Å². The first-order valence-corrected chi connectivity index (χ1v) is 10.6. The second kappa shape index (κ2) is 8.34. The zero-order chi connectivity index (χ0) is 20.5. The van der Waals surface area contributed by atoms with Crippen molar-refractivity contribution in [1.29, 1.82) is 0 Å². The summed E-state index contributed by atoms with van der Waals surface area (Å²) in [4.78, 5) is 14.4. The molecule has 0 atom stereocenters. The molecule has 1 N–H and O–H groups in total. The quantitative estimate of drug-likeness (QED) is 0.783. The van der Waals surface area contributed by atoms with E-state index < -0.39 is 21.7 Å². The van der Waals surface area contributed by atoms with Crippen molar-refractivity contribution in [2.45, 2.75) is 4.90 Å². The predicted octanol–water partition coefficient (Wildman–Crippen LogP) is 3.32. The molecule has 6 nitrogen and oxygen atoms in total. The summed E-state index contributed by atoms with van der Waals surface area (Å²) in [7, 11) is -1.91. The molecule has 0 saturated carbocycles. The van der Waals surface area contributed by atoms with E-state index in [1.165, 1.54) is 34.6 Å². The van der Waals surface area contributed by atoms with Crippen molar-refractivity contribution in [1.82, 2.24) is 9.21 Å². The predicted molar refractivity (Wildman–Crippen MR) is 107 cm³/mol. The molecule has 0 aliphatic carbocycles. The van der Waals surface area contributed by atoms with Gasteiger partial charge in [-0.1, -0.05) is 23.2 Å². The molecule has 0 aromatic heterocycles.